The maximum Gasteiger partial charge on any atom is 0.356 e. The molecule has 0 saturated heterocycles. The van der Waals surface area contributed by atoms with Gasteiger partial charge in [0.15, 0.2) is 0 Å². The van der Waals surface area contributed by atoms with Crippen LogP contribution in [0.3, 0.4) is 0 Å². The first kappa shape index (κ1) is 21.6. The number of hydrogen-bond donors (Lipinski definition) is 0. The van der Waals surface area contributed by atoms with E-state index in [1.54, 1.807) is 19.1 Å². The summed E-state index contributed by atoms with van der Waals surface area (Å²) in [5.74, 6) is 0.292. The maximum atomic E-state index is 12.1. The Bertz CT molecular complexity index is 1080. The number of esters is 1. The molecule has 0 bridgehead atoms. The number of carbonyl (C=O) groups is 1. The summed E-state index contributed by atoms with van der Waals surface area (Å²) in [6.07, 6.45) is 2.02. The summed E-state index contributed by atoms with van der Waals surface area (Å²) in [6.45, 7) is 6.57. The summed E-state index contributed by atoms with van der Waals surface area (Å²) in [7, 11) is 0. The average Bonchev–Trinajstić information content (AvgIpc) is 2.78. The second kappa shape index (κ2) is 10.1. The third kappa shape index (κ3) is 5.08. The molecule has 2 aromatic carbocycles. The molecule has 1 aromatic heterocycles. The fraction of sp³-hybridized carbons (Fsp3) is 0.200. The van der Waals surface area contributed by atoms with Crippen molar-refractivity contribution in [1.29, 1.82) is 0 Å². The minimum absolute atomic E-state index is 0.274. The Labute approximate surface area is 182 Å². The Balaban J connectivity index is 2.08. The first-order valence-electron chi connectivity index (χ1n) is 9.81. The first-order valence-corrected chi connectivity index (χ1v) is 10.2. The molecular weight excluding hydrogens is 398 g/mol. The zero-order valence-electron chi connectivity index (χ0n) is 17.3. The standard InChI is InChI=1S/C25H24ClNO3/c1-4-17(3)16-30-24-14-13-18(26)15-21(24)19-9-6-7-10-20(19)22-11-8-12-23(27-22)25(28)29-5-2/h4,6-15H,5,16H2,1-3H3. The Morgan fingerprint density at radius 1 is 1.03 bits per heavy atom. The summed E-state index contributed by atoms with van der Waals surface area (Å²) in [5, 5.41) is 0.614. The molecule has 1 heterocycles. The third-order valence-corrected chi connectivity index (χ3v) is 4.85. The SMILES string of the molecule is CC=C(C)COc1ccc(Cl)cc1-c1ccccc1-c1cccc(C(=O)OCC)n1. The molecule has 154 valence electrons. The van der Waals surface area contributed by atoms with Crippen LogP contribution in [0, 0.1) is 0 Å². The highest BCUT2D eigenvalue weighted by molar-refractivity contribution is 6.31. The number of carbonyl (C=O) groups excluding carboxylic acids is 1. The van der Waals surface area contributed by atoms with Gasteiger partial charge in [-0.3, -0.25) is 0 Å². The summed E-state index contributed by atoms with van der Waals surface area (Å²) >= 11 is 6.31. The largest absolute Gasteiger partial charge is 0.489 e. The molecule has 5 heteroatoms. The zero-order valence-corrected chi connectivity index (χ0v) is 18.1. The monoisotopic (exact) mass is 421 g/mol. The number of halogens is 1. The summed E-state index contributed by atoms with van der Waals surface area (Å²) in [6, 6.07) is 18.8. The minimum atomic E-state index is -0.439. The molecule has 0 unspecified atom stereocenters. The molecule has 0 aliphatic heterocycles. The smallest absolute Gasteiger partial charge is 0.356 e. The second-order valence-corrected chi connectivity index (χ2v) is 7.17. The van der Waals surface area contributed by atoms with Crippen molar-refractivity contribution in [1.82, 2.24) is 4.98 Å². The summed E-state index contributed by atoms with van der Waals surface area (Å²) < 4.78 is 11.2. The van der Waals surface area contributed by atoms with Gasteiger partial charge in [0, 0.05) is 16.1 Å². The lowest BCUT2D eigenvalue weighted by Crippen LogP contribution is -2.07. The van der Waals surface area contributed by atoms with Crippen LogP contribution in [0.5, 0.6) is 5.75 Å². The van der Waals surface area contributed by atoms with Gasteiger partial charge in [0.1, 0.15) is 18.1 Å². The lowest BCUT2D eigenvalue weighted by atomic mass is 9.96. The van der Waals surface area contributed by atoms with E-state index in [-0.39, 0.29) is 5.69 Å². The van der Waals surface area contributed by atoms with Crippen LogP contribution in [0.2, 0.25) is 5.02 Å². The molecule has 0 atom stereocenters. The fourth-order valence-corrected chi connectivity index (χ4v) is 3.13. The van der Waals surface area contributed by atoms with E-state index in [1.807, 2.05) is 68.5 Å². The Kier molecular flexibility index (Phi) is 7.26. The predicted molar refractivity (Wildman–Crippen MR) is 121 cm³/mol. The van der Waals surface area contributed by atoms with Gasteiger partial charge in [-0.05, 0) is 62.2 Å². The van der Waals surface area contributed by atoms with Crippen molar-refractivity contribution in [3.63, 3.8) is 0 Å². The molecule has 30 heavy (non-hydrogen) atoms. The van der Waals surface area contributed by atoms with Crippen molar-refractivity contribution in [2.24, 2.45) is 0 Å². The van der Waals surface area contributed by atoms with E-state index < -0.39 is 5.97 Å². The van der Waals surface area contributed by atoms with E-state index in [2.05, 4.69) is 4.98 Å². The van der Waals surface area contributed by atoms with Crippen LogP contribution < -0.4 is 4.74 Å². The van der Waals surface area contributed by atoms with E-state index in [0.717, 1.165) is 28.0 Å². The lowest BCUT2D eigenvalue weighted by molar-refractivity contribution is 0.0519. The molecule has 0 fully saturated rings. The van der Waals surface area contributed by atoms with Crippen molar-refractivity contribution in [2.45, 2.75) is 20.8 Å². The van der Waals surface area contributed by atoms with Crippen LogP contribution in [0.1, 0.15) is 31.3 Å². The molecule has 0 aliphatic rings. The van der Waals surface area contributed by atoms with E-state index >= 15 is 0 Å². The van der Waals surface area contributed by atoms with Gasteiger partial charge in [-0.2, -0.15) is 0 Å². The van der Waals surface area contributed by atoms with E-state index in [1.165, 1.54) is 0 Å². The number of ether oxygens (including phenoxy) is 2. The number of allylic oxidation sites excluding steroid dienone is 1. The average molecular weight is 422 g/mol. The Morgan fingerprint density at radius 2 is 1.80 bits per heavy atom. The summed E-state index contributed by atoms with van der Waals surface area (Å²) in [5.41, 5.74) is 4.74. The van der Waals surface area contributed by atoms with Crippen molar-refractivity contribution < 1.29 is 14.3 Å². The van der Waals surface area contributed by atoms with Gasteiger partial charge in [-0.15, -0.1) is 0 Å². The molecule has 0 aliphatic carbocycles. The van der Waals surface area contributed by atoms with E-state index in [4.69, 9.17) is 21.1 Å². The molecule has 0 spiro atoms. The van der Waals surface area contributed by atoms with Crippen LogP contribution in [0.4, 0.5) is 0 Å². The normalized spacial score (nSPS) is 11.3. The predicted octanol–water partition coefficient (Wildman–Crippen LogP) is 6.59. The topological polar surface area (TPSA) is 48.4 Å². The summed E-state index contributed by atoms with van der Waals surface area (Å²) in [4.78, 5) is 16.7. The molecule has 3 rings (SSSR count). The number of hydrogen-bond acceptors (Lipinski definition) is 4. The van der Waals surface area contributed by atoms with Crippen LogP contribution in [-0.2, 0) is 4.74 Å². The van der Waals surface area contributed by atoms with Gasteiger partial charge in [0.25, 0.3) is 0 Å². The van der Waals surface area contributed by atoms with E-state index in [9.17, 15) is 4.79 Å². The van der Waals surface area contributed by atoms with Crippen LogP contribution >= 0.6 is 11.6 Å². The van der Waals surface area contributed by atoms with Crippen molar-refractivity contribution in [3.05, 3.63) is 83.0 Å². The van der Waals surface area contributed by atoms with Gasteiger partial charge in [0.2, 0.25) is 0 Å². The highest BCUT2D eigenvalue weighted by atomic mass is 35.5. The minimum Gasteiger partial charge on any atom is -0.489 e. The number of nitrogens with zero attached hydrogens (tertiary/aromatic N) is 1. The van der Waals surface area contributed by atoms with Gasteiger partial charge >= 0.3 is 5.97 Å². The number of benzene rings is 2. The molecule has 0 amide bonds. The molecule has 4 nitrogen and oxygen atoms in total. The number of rotatable bonds is 7. The molecular formula is C25H24ClNO3. The van der Waals surface area contributed by atoms with Crippen LogP contribution in [0.15, 0.2) is 72.3 Å². The lowest BCUT2D eigenvalue weighted by Gasteiger charge is -2.16. The van der Waals surface area contributed by atoms with Crippen molar-refractivity contribution in [3.8, 4) is 28.1 Å². The van der Waals surface area contributed by atoms with Gasteiger partial charge in [-0.25, -0.2) is 9.78 Å². The maximum absolute atomic E-state index is 12.1. The van der Waals surface area contributed by atoms with Crippen molar-refractivity contribution in [2.75, 3.05) is 13.2 Å². The zero-order chi connectivity index (χ0) is 21.5. The molecule has 0 radical (unpaired) electrons. The van der Waals surface area contributed by atoms with Crippen LogP contribution in [0.25, 0.3) is 22.4 Å². The van der Waals surface area contributed by atoms with Crippen LogP contribution in [-0.4, -0.2) is 24.2 Å². The molecule has 3 aromatic rings. The quantitative estimate of drug-likeness (QED) is 0.319. The third-order valence-electron chi connectivity index (χ3n) is 4.62. The molecule has 0 N–H and O–H groups in total. The first-order chi connectivity index (χ1) is 14.5. The van der Waals surface area contributed by atoms with Gasteiger partial charge in [0.05, 0.1) is 12.3 Å². The van der Waals surface area contributed by atoms with Gasteiger partial charge < -0.3 is 9.47 Å². The van der Waals surface area contributed by atoms with E-state index in [0.29, 0.717) is 23.9 Å². The van der Waals surface area contributed by atoms with Crippen molar-refractivity contribution >= 4 is 17.6 Å². The fourth-order valence-electron chi connectivity index (χ4n) is 2.96. The highest BCUT2D eigenvalue weighted by Gasteiger charge is 2.16. The Hall–Kier alpha value is -3.11. The van der Waals surface area contributed by atoms with Gasteiger partial charge in [-0.1, -0.05) is 48.0 Å². The number of aromatic nitrogens is 1. The highest BCUT2D eigenvalue weighted by Crippen LogP contribution is 2.38. The molecule has 0 saturated carbocycles. The number of pyridine rings is 1. The Morgan fingerprint density at radius 3 is 2.53 bits per heavy atom. The second-order valence-electron chi connectivity index (χ2n) is 6.74.